The molecule has 5 aliphatic carbocycles. The Morgan fingerprint density at radius 3 is 2.36 bits per heavy atom. The SMILES string of the molecule is CC1CCC(S(=O)(=O)NCC2=CC(N(C)C)C3C[C@H]4C[C@H]5CC(=O)C(C(N)=O)=C(O)[C@@]5(O)C(O)C4C(O)C3C2O)CC1. The third-order valence-corrected chi connectivity index (χ3v) is 12.9. The molecule has 5 rings (SSSR count). The zero-order valence-electron chi connectivity index (χ0n) is 24.4. The van der Waals surface area contributed by atoms with Crippen molar-refractivity contribution in [2.24, 2.45) is 41.2 Å². The van der Waals surface area contributed by atoms with E-state index in [-0.39, 0.29) is 37.3 Å². The molecule has 7 unspecified atom stereocenters. The summed E-state index contributed by atoms with van der Waals surface area (Å²) in [5.41, 5.74) is 2.61. The van der Waals surface area contributed by atoms with Gasteiger partial charge >= 0.3 is 0 Å². The van der Waals surface area contributed by atoms with Gasteiger partial charge in [-0.1, -0.05) is 13.0 Å². The molecule has 10 atom stereocenters. The fourth-order valence-electron chi connectivity index (χ4n) is 8.73. The van der Waals surface area contributed by atoms with Crippen LogP contribution in [0.15, 0.2) is 23.0 Å². The third kappa shape index (κ3) is 5.04. The molecule has 0 saturated heterocycles. The number of fused-ring (bicyclic) bond motifs is 3. The van der Waals surface area contributed by atoms with Crippen molar-refractivity contribution in [1.29, 1.82) is 0 Å². The normalized spacial score (nSPS) is 44.2. The van der Waals surface area contributed by atoms with Crippen molar-refractivity contribution in [2.75, 3.05) is 20.6 Å². The summed E-state index contributed by atoms with van der Waals surface area (Å²) in [7, 11) is 0.0943. The maximum absolute atomic E-state index is 13.1. The Labute approximate surface area is 246 Å². The van der Waals surface area contributed by atoms with Gasteiger partial charge in [-0.05, 0) is 75.9 Å². The number of rotatable bonds is 6. The maximum atomic E-state index is 13.1. The van der Waals surface area contributed by atoms with Crippen LogP contribution in [0.4, 0.5) is 0 Å². The number of sulfonamides is 1. The van der Waals surface area contributed by atoms with E-state index < -0.39 is 80.0 Å². The minimum atomic E-state index is -3.63. The first-order chi connectivity index (χ1) is 19.6. The largest absolute Gasteiger partial charge is 0.508 e. The number of primary amides is 1. The maximum Gasteiger partial charge on any atom is 0.255 e. The number of carbonyl (C=O) groups excluding carboxylic acids is 2. The van der Waals surface area contributed by atoms with Crippen LogP contribution in [0.1, 0.15) is 51.9 Å². The number of aliphatic hydroxyl groups is 5. The van der Waals surface area contributed by atoms with E-state index in [0.717, 1.165) is 12.8 Å². The molecule has 236 valence electrons. The van der Waals surface area contributed by atoms with Gasteiger partial charge in [0.2, 0.25) is 10.0 Å². The second-order valence-electron chi connectivity index (χ2n) is 13.6. The van der Waals surface area contributed by atoms with Crippen LogP contribution in [0.3, 0.4) is 0 Å². The molecule has 42 heavy (non-hydrogen) atoms. The molecule has 0 radical (unpaired) electrons. The van der Waals surface area contributed by atoms with Crippen molar-refractivity contribution in [1.82, 2.24) is 9.62 Å². The Balaban J connectivity index is 1.42. The molecule has 13 heteroatoms. The zero-order valence-corrected chi connectivity index (χ0v) is 25.2. The molecule has 0 aromatic rings. The first-order valence-corrected chi connectivity index (χ1v) is 16.5. The lowest BCUT2D eigenvalue weighted by Gasteiger charge is -2.59. The molecule has 1 amide bonds. The monoisotopic (exact) mass is 611 g/mol. The quantitative estimate of drug-likeness (QED) is 0.149. The Morgan fingerprint density at radius 2 is 1.76 bits per heavy atom. The van der Waals surface area contributed by atoms with E-state index in [4.69, 9.17) is 5.73 Å². The van der Waals surface area contributed by atoms with Gasteiger partial charge in [-0.2, -0.15) is 0 Å². The topological polar surface area (TPSA) is 211 Å². The summed E-state index contributed by atoms with van der Waals surface area (Å²) in [4.78, 5) is 26.5. The lowest BCUT2D eigenvalue weighted by atomic mass is 9.50. The van der Waals surface area contributed by atoms with Gasteiger partial charge in [-0.3, -0.25) is 9.59 Å². The van der Waals surface area contributed by atoms with Crippen molar-refractivity contribution in [3.63, 3.8) is 0 Å². The molecule has 0 aromatic heterocycles. The van der Waals surface area contributed by atoms with E-state index in [9.17, 15) is 43.5 Å². The Bertz CT molecular complexity index is 1270. The number of ketones is 1. The summed E-state index contributed by atoms with van der Waals surface area (Å²) in [5, 5.41) is 56.8. The number of hydrogen-bond acceptors (Lipinski definition) is 10. The Kier molecular flexibility index (Phi) is 8.45. The van der Waals surface area contributed by atoms with Crippen molar-refractivity contribution >= 4 is 21.7 Å². The van der Waals surface area contributed by atoms with Crippen LogP contribution in [0.25, 0.3) is 0 Å². The van der Waals surface area contributed by atoms with E-state index in [1.165, 1.54) is 0 Å². The van der Waals surface area contributed by atoms with Gasteiger partial charge in [0, 0.05) is 36.8 Å². The molecule has 0 aliphatic heterocycles. The lowest BCUT2D eigenvalue weighted by Crippen LogP contribution is -2.68. The van der Waals surface area contributed by atoms with Gasteiger partial charge in [0.25, 0.3) is 5.91 Å². The number of nitrogens with two attached hydrogens (primary N) is 1. The number of carbonyl (C=O) groups is 2. The van der Waals surface area contributed by atoms with Crippen molar-refractivity contribution < 1.29 is 43.5 Å². The molecular weight excluding hydrogens is 566 g/mol. The molecule has 0 aromatic carbocycles. The van der Waals surface area contributed by atoms with Gasteiger partial charge in [0.1, 0.15) is 11.3 Å². The summed E-state index contributed by atoms with van der Waals surface area (Å²) >= 11 is 0. The lowest BCUT2D eigenvalue weighted by molar-refractivity contribution is -0.225. The zero-order chi connectivity index (χ0) is 30.9. The number of aliphatic hydroxyl groups excluding tert-OH is 4. The molecule has 12 nitrogen and oxygen atoms in total. The number of hydrogen-bond donors (Lipinski definition) is 7. The number of amides is 1. The highest BCUT2D eigenvalue weighted by molar-refractivity contribution is 7.90. The number of nitrogens with one attached hydrogen (secondary N) is 1. The van der Waals surface area contributed by atoms with Gasteiger partial charge in [0.15, 0.2) is 11.4 Å². The summed E-state index contributed by atoms with van der Waals surface area (Å²) < 4.78 is 28.9. The second-order valence-corrected chi connectivity index (χ2v) is 15.7. The van der Waals surface area contributed by atoms with Crippen LogP contribution in [0.5, 0.6) is 0 Å². The van der Waals surface area contributed by atoms with Gasteiger partial charge in [-0.15, -0.1) is 0 Å². The summed E-state index contributed by atoms with van der Waals surface area (Å²) in [6.45, 7) is 1.99. The molecule has 0 heterocycles. The average Bonchev–Trinajstić information content (AvgIpc) is 2.90. The van der Waals surface area contributed by atoms with Crippen LogP contribution in [-0.2, 0) is 19.6 Å². The minimum absolute atomic E-state index is 0.119. The van der Waals surface area contributed by atoms with Crippen molar-refractivity contribution in [2.45, 2.75) is 87.1 Å². The summed E-state index contributed by atoms with van der Waals surface area (Å²) in [6.07, 6.45) is 0.758. The standard InChI is InChI=1S/C29H45N3O9S/c1-13-4-6-17(7-5-13)42(40,41)31-12-15-10-19(32(2)3)18-9-14-8-16-11-20(33)23(28(30)38)27(37)29(16,39)26(36)21(14)25(35)22(18)24(15)34/h10,13-14,16-19,21-22,24-26,31,34-37,39H,4-9,11-12H2,1-3H3,(H2,30,38)/t13?,14-,16+,17?,18?,19?,21?,22?,24?,25?,26?,29+/m1/s1. The molecule has 3 saturated carbocycles. The first kappa shape index (κ1) is 31.6. The Morgan fingerprint density at radius 1 is 1.12 bits per heavy atom. The summed E-state index contributed by atoms with van der Waals surface area (Å²) in [6, 6.07) is -0.260. The highest BCUT2D eigenvalue weighted by Crippen LogP contribution is 2.57. The minimum Gasteiger partial charge on any atom is -0.508 e. The van der Waals surface area contributed by atoms with Crippen LogP contribution in [-0.4, -0.2) is 106 Å². The van der Waals surface area contributed by atoms with Crippen LogP contribution >= 0.6 is 0 Å². The predicted octanol–water partition coefficient (Wildman–Crippen LogP) is -0.673. The van der Waals surface area contributed by atoms with E-state index in [1.54, 1.807) is 0 Å². The van der Waals surface area contributed by atoms with Crippen LogP contribution in [0.2, 0.25) is 0 Å². The van der Waals surface area contributed by atoms with E-state index in [0.29, 0.717) is 30.8 Å². The van der Waals surface area contributed by atoms with Crippen LogP contribution < -0.4 is 10.5 Å². The molecular formula is C29H45N3O9S. The van der Waals surface area contributed by atoms with Crippen molar-refractivity contribution in [3.8, 4) is 0 Å². The van der Waals surface area contributed by atoms with E-state index in [2.05, 4.69) is 11.6 Å². The average molecular weight is 612 g/mol. The molecule has 0 spiro atoms. The second kappa shape index (κ2) is 11.2. The summed E-state index contributed by atoms with van der Waals surface area (Å²) in [5.74, 6) is -5.70. The molecule has 0 bridgehead atoms. The van der Waals surface area contributed by atoms with E-state index >= 15 is 0 Å². The van der Waals surface area contributed by atoms with Gasteiger partial charge in [-0.25, -0.2) is 13.1 Å². The number of nitrogens with zero attached hydrogens (tertiary/aromatic N) is 1. The van der Waals surface area contributed by atoms with Crippen LogP contribution in [0, 0.1) is 35.5 Å². The molecule has 3 fully saturated rings. The fourth-order valence-corrected chi connectivity index (χ4v) is 10.2. The first-order valence-electron chi connectivity index (χ1n) is 15.0. The van der Waals surface area contributed by atoms with Gasteiger partial charge < -0.3 is 36.2 Å². The van der Waals surface area contributed by atoms with Gasteiger partial charge in [0.05, 0.1) is 23.6 Å². The highest BCUT2D eigenvalue weighted by Gasteiger charge is 2.65. The predicted molar refractivity (Wildman–Crippen MR) is 152 cm³/mol. The number of likely N-dealkylation sites (N-methyl/N-ethyl adjacent to an activating group) is 1. The molecule has 8 N–H and O–H groups in total. The highest BCUT2D eigenvalue weighted by atomic mass is 32.2. The Hall–Kier alpha value is -1.87. The number of Topliss-reactive ketones (excluding diaryl/α,β-unsaturated/α-hetero) is 1. The van der Waals surface area contributed by atoms with Crippen molar-refractivity contribution in [3.05, 3.63) is 23.0 Å². The third-order valence-electron chi connectivity index (χ3n) is 11.0. The van der Waals surface area contributed by atoms with E-state index in [1.807, 2.05) is 25.1 Å². The smallest absolute Gasteiger partial charge is 0.255 e. The molecule has 5 aliphatic rings. The fraction of sp³-hybridized carbons (Fsp3) is 0.793.